The van der Waals surface area contributed by atoms with E-state index in [1.807, 2.05) is 25.1 Å². The number of halogens is 3. The lowest BCUT2D eigenvalue weighted by atomic mass is 10.1. The van der Waals surface area contributed by atoms with Gasteiger partial charge in [-0.05, 0) is 13.0 Å². The Morgan fingerprint density at radius 3 is 2.30 bits per heavy atom. The lowest BCUT2D eigenvalue weighted by molar-refractivity contribution is 0.149. The van der Waals surface area contributed by atoms with E-state index in [9.17, 15) is 0 Å². The van der Waals surface area contributed by atoms with Gasteiger partial charge in [-0.2, -0.15) is 0 Å². The maximum absolute atomic E-state index is 6.22. The van der Waals surface area contributed by atoms with E-state index in [0.717, 1.165) is 5.56 Å². The second kappa shape index (κ2) is 7.23. The average molecular weight is 332 g/mol. The molecular weight excluding hydrogens is 319 g/mol. The molecule has 0 aliphatic rings. The molecule has 0 aliphatic heterocycles. The van der Waals surface area contributed by atoms with Crippen molar-refractivity contribution in [3.63, 3.8) is 0 Å². The standard InChI is InChI=1S/C14H13Cl3N2O/c1-2-20-8-7-11-18-13(16)12(14(17)19-11)9-5-3-4-6-10(9)15/h3-6H,2,7-8H2,1H3. The first-order valence-corrected chi connectivity index (χ1v) is 7.31. The highest BCUT2D eigenvalue weighted by atomic mass is 35.5. The molecule has 1 aromatic carbocycles. The van der Waals surface area contributed by atoms with Gasteiger partial charge in [0.1, 0.15) is 16.1 Å². The summed E-state index contributed by atoms with van der Waals surface area (Å²) in [6.45, 7) is 3.12. The normalized spacial score (nSPS) is 10.8. The lowest BCUT2D eigenvalue weighted by Gasteiger charge is -2.10. The van der Waals surface area contributed by atoms with Gasteiger partial charge in [0.15, 0.2) is 0 Å². The Morgan fingerprint density at radius 2 is 1.70 bits per heavy atom. The van der Waals surface area contributed by atoms with Crippen LogP contribution in [-0.4, -0.2) is 23.2 Å². The van der Waals surface area contributed by atoms with Gasteiger partial charge in [-0.3, -0.25) is 0 Å². The highest BCUT2D eigenvalue weighted by molar-refractivity contribution is 6.40. The first-order valence-electron chi connectivity index (χ1n) is 6.18. The minimum Gasteiger partial charge on any atom is -0.381 e. The maximum Gasteiger partial charge on any atom is 0.142 e. The van der Waals surface area contributed by atoms with E-state index >= 15 is 0 Å². The first kappa shape index (κ1) is 15.5. The van der Waals surface area contributed by atoms with Gasteiger partial charge in [-0.15, -0.1) is 0 Å². The Bertz CT molecular complexity index is 582. The van der Waals surface area contributed by atoms with Crippen LogP contribution < -0.4 is 0 Å². The summed E-state index contributed by atoms with van der Waals surface area (Å²) in [6.07, 6.45) is 0.566. The summed E-state index contributed by atoms with van der Waals surface area (Å²) in [5.74, 6) is 0.559. The summed E-state index contributed by atoms with van der Waals surface area (Å²) in [6, 6.07) is 7.30. The predicted molar refractivity (Wildman–Crippen MR) is 82.7 cm³/mol. The largest absolute Gasteiger partial charge is 0.381 e. The van der Waals surface area contributed by atoms with Gasteiger partial charge in [0.05, 0.1) is 12.2 Å². The number of ether oxygens (including phenoxy) is 1. The summed E-state index contributed by atoms with van der Waals surface area (Å²) >= 11 is 18.6. The summed E-state index contributed by atoms with van der Waals surface area (Å²) in [7, 11) is 0. The fourth-order valence-electron chi connectivity index (χ4n) is 1.75. The van der Waals surface area contributed by atoms with Crippen LogP contribution in [0.1, 0.15) is 12.7 Å². The highest BCUT2D eigenvalue weighted by Gasteiger charge is 2.15. The lowest BCUT2D eigenvalue weighted by Crippen LogP contribution is -2.04. The van der Waals surface area contributed by atoms with Gasteiger partial charge < -0.3 is 4.74 Å². The van der Waals surface area contributed by atoms with Crippen LogP contribution in [0.5, 0.6) is 0 Å². The minimum atomic E-state index is 0.296. The molecule has 3 nitrogen and oxygen atoms in total. The van der Waals surface area contributed by atoms with Gasteiger partial charge in [-0.1, -0.05) is 53.0 Å². The molecule has 1 heterocycles. The van der Waals surface area contributed by atoms with Crippen molar-refractivity contribution in [3.8, 4) is 11.1 Å². The zero-order valence-electron chi connectivity index (χ0n) is 10.9. The molecule has 2 rings (SSSR count). The summed E-state index contributed by atoms with van der Waals surface area (Å²) < 4.78 is 5.26. The summed E-state index contributed by atoms with van der Waals surface area (Å²) in [5, 5.41) is 1.15. The zero-order chi connectivity index (χ0) is 14.5. The molecule has 2 aromatic rings. The first-order chi connectivity index (χ1) is 9.63. The quantitative estimate of drug-likeness (QED) is 0.589. The number of rotatable bonds is 5. The van der Waals surface area contributed by atoms with E-state index in [1.54, 1.807) is 6.07 Å². The molecule has 0 spiro atoms. The average Bonchev–Trinajstić information content (AvgIpc) is 2.40. The van der Waals surface area contributed by atoms with Crippen molar-refractivity contribution in [3.05, 3.63) is 45.4 Å². The van der Waals surface area contributed by atoms with Crippen LogP contribution in [0.4, 0.5) is 0 Å². The molecule has 106 valence electrons. The third kappa shape index (κ3) is 3.61. The molecule has 1 aromatic heterocycles. The molecule has 0 aliphatic carbocycles. The fraction of sp³-hybridized carbons (Fsp3) is 0.286. The number of nitrogens with zero attached hydrogens (tertiary/aromatic N) is 2. The van der Waals surface area contributed by atoms with Crippen molar-refractivity contribution in [2.24, 2.45) is 0 Å². The Balaban J connectivity index is 2.34. The van der Waals surface area contributed by atoms with Crippen LogP contribution in [0.25, 0.3) is 11.1 Å². The van der Waals surface area contributed by atoms with Crippen LogP contribution in [0.3, 0.4) is 0 Å². The number of hydrogen-bond acceptors (Lipinski definition) is 3. The molecule has 0 saturated heterocycles. The van der Waals surface area contributed by atoms with Crippen LogP contribution in [0, 0.1) is 0 Å². The monoisotopic (exact) mass is 330 g/mol. The third-order valence-electron chi connectivity index (χ3n) is 2.68. The highest BCUT2D eigenvalue weighted by Crippen LogP contribution is 2.36. The molecule has 0 unspecified atom stereocenters. The molecule has 20 heavy (non-hydrogen) atoms. The van der Waals surface area contributed by atoms with E-state index < -0.39 is 0 Å². The van der Waals surface area contributed by atoms with Gasteiger partial charge in [0, 0.05) is 23.6 Å². The van der Waals surface area contributed by atoms with Crippen molar-refractivity contribution < 1.29 is 4.74 Å². The number of hydrogen-bond donors (Lipinski definition) is 0. The Kier molecular flexibility index (Phi) is 5.61. The van der Waals surface area contributed by atoms with E-state index in [1.165, 1.54) is 0 Å². The maximum atomic E-state index is 6.22. The van der Waals surface area contributed by atoms with Crippen LogP contribution in [-0.2, 0) is 11.2 Å². The van der Waals surface area contributed by atoms with E-state index in [2.05, 4.69) is 9.97 Å². The van der Waals surface area contributed by atoms with Crippen molar-refractivity contribution in [2.75, 3.05) is 13.2 Å². The molecule has 6 heteroatoms. The molecule has 0 bridgehead atoms. The van der Waals surface area contributed by atoms with E-state index in [-0.39, 0.29) is 0 Å². The van der Waals surface area contributed by atoms with Crippen LogP contribution in [0.2, 0.25) is 15.3 Å². The van der Waals surface area contributed by atoms with Crippen molar-refractivity contribution in [1.82, 2.24) is 9.97 Å². The van der Waals surface area contributed by atoms with Crippen molar-refractivity contribution >= 4 is 34.8 Å². The Hall–Kier alpha value is -0.870. The van der Waals surface area contributed by atoms with E-state index in [0.29, 0.717) is 46.4 Å². The Morgan fingerprint density at radius 1 is 1.05 bits per heavy atom. The summed E-state index contributed by atoms with van der Waals surface area (Å²) in [5.41, 5.74) is 1.28. The second-order valence-electron chi connectivity index (χ2n) is 4.02. The fourth-order valence-corrected chi connectivity index (χ4v) is 2.61. The van der Waals surface area contributed by atoms with Gasteiger partial charge in [0.25, 0.3) is 0 Å². The zero-order valence-corrected chi connectivity index (χ0v) is 13.1. The van der Waals surface area contributed by atoms with Crippen LogP contribution in [0.15, 0.2) is 24.3 Å². The SMILES string of the molecule is CCOCCc1nc(Cl)c(-c2ccccc2Cl)c(Cl)n1. The molecule has 0 atom stereocenters. The summed E-state index contributed by atoms with van der Waals surface area (Å²) in [4.78, 5) is 8.51. The Labute approximate surface area is 132 Å². The molecule has 0 radical (unpaired) electrons. The molecular formula is C14H13Cl3N2O. The number of benzene rings is 1. The predicted octanol–water partition coefficient (Wildman–Crippen LogP) is 4.68. The van der Waals surface area contributed by atoms with E-state index in [4.69, 9.17) is 39.5 Å². The van der Waals surface area contributed by atoms with Gasteiger partial charge >= 0.3 is 0 Å². The minimum absolute atomic E-state index is 0.296. The van der Waals surface area contributed by atoms with Gasteiger partial charge in [0.2, 0.25) is 0 Å². The topological polar surface area (TPSA) is 35.0 Å². The van der Waals surface area contributed by atoms with Crippen molar-refractivity contribution in [2.45, 2.75) is 13.3 Å². The third-order valence-corrected chi connectivity index (χ3v) is 3.56. The molecule has 0 fully saturated rings. The van der Waals surface area contributed by atoms with Crippen molar-refractivity contribution in [1.29, 1.82) is 0 Å². The van der Waals surface area contributed by atoms with Crippen LogP contribution >= 0.6 is 34.8 Å². The smallest absolute Gasteiger partial charge is 0.142 e. The number of aromatic nitrogens is 2. The molecule has 0 N–H and O–H groups in total. The molecule has 0 saturated carbocycles. The molecule has 0 amide bonds. The van der Waals surface area contributed by atoms with Gasteiger partial charge in [-0.25, -0.2) is 9.97 Å². The second-order valence-corrected chi connectivity index (χ2v) is 5.15.